The van der Waals surface area contributed by atoms with E-state index in [-0.39, 0.29) is 16.9 Å². The van der Waals surface area contributed by atoms with Gasteiger partial charge in [-0.05, 0) is 128 Å². The molecule has 1 unspecified atom stereocenters. The molecule has 0 aromatic rings. The molecule has 5 fully saturated rings. The highest BCUT2D eigenvalue weighted by Crippen LogP contribution is 2.77. The predicted molar refractivity (Wildman–Crippen MR) is 132 cm³/mol. The van der Waals surface area contributed by atoms with Crippen LogP contribution in [0.4, 0.5) is 0 Å². The molecule has 2 heteroatoms. The van der Waals surface area contributed by atoms with E-state index in [9.17, 15) is 10.2 Å². The Balaban J connectivity index is 1.55. The largest absolute Gasteiger partial charge is 0.396 e. The Bertz CT molecular complexity index is 786. The number of rotatable bonds is 2. The molecule has 5 aliphatic rings. The molecule has 0 aromatic carbocycles. The van der Waals surface area contributed by atoms with Gasteiger partial charge < -0.3 is 10.2 Å². The Labute approximate surface area is 197 Å². The summed E-state index contributed by atoms with van der Waals surface area (Å²) in [7, 11) is 0. The molecule has 0 bridgehead atoms. The van der Waals surface area contributed by atoms with Crippen LogP contribution in [0.1, 0.15) is 106 Å². The lowest BCUT2D eigenvalue weighted by molar-refractivity contribution is -0.249. The first-order valence-corrected chi connectivity index (χ1v) is 13.8. The summed E-state index contributed by atoms with van der Waals surface area (Å²) >= 11 is 0. The van der Waals surface area contributed by atoms with Crippen molar-refractivity contribution < 1.29 is 10.2 Å². The lowest BCUT2D eigenvalue weighted by Crippen LogP contribution is -2.66. The summed E-state index contributed by atoms with van der Waals surface area (Å²) in [6.07, 6.45) is 12.2. The van der Waals surface area contributed by atoms with Crippen LogP contribution < -0.4 is 0 Å². The van der Waals surface area contributed by atoms with Crippen LogP contribution in [0.3, 0.4) is 0 Å². The minimum atomic E-state index is -0.147. The third-order valence-electron chi connectivity index (χ3n) is 13.5. The molecule has 5 saturated carbocycles. The molecule has 0 aliphatic heterocycles. The monoisotopic (exact) mass is 442 g/mol. The van der Waals surface area contributed by atoms with Gasteiger partial charge in [0.25, 0.3) is 0 Å². The Morgan fingerprint density at radius 3 is 2.19 bits per heavy atom. The first kappa shape index (κ1) is 23.4. The summed E-state index contributed by atoms with van der Waals surface area (Å²) in [4.78, 5) is 0. The minimum Gasteiger partial charge on any atom is -0.396 e. The zero-order valence-corrected chi connectivity index (χ0v) is 21.8. The first-order chi connectivity index (χ1) is 14.9. The lowest BCUT2D eigenvalue weighted by Gasteiger charge is -2.73. The van der Waals surface area contributed by atoms with Crippen molar-refractivity contribution >= 4 is 0 Å². The number of aliphatic hydroxyl groups excluding tert-OH is 2. The number of aliphatic hydroxyl groups is 2. The van der Waals surface area contributed by atoms with Crippen LogP contribution in [0.2, 0.25) is 0 Å². The highest BCUT2D eigenvalue weighted by molar-refractivity contribution is 5.21. The van der Waals surface area contributed by atoms with Crippen molar-refractivity contribution in [3.05, 3.63) is 12.2 Å². The zero-order valence-electron chi connectivity index (χ0n) is 21.8. The molecule has 5 aliphatic carbocycles. The second kappa shape index (κ2) is 7.09. The van der Waals surface area contributed by atoms with Gasteiger partial charge in [-0.2, -0.15) is 0 Å². The van der Waals surface area contributed by atoms with E-state index in [4.69, 9.17) is 0 Å². The molecule has 2 N–H and O–H groups in total. The molecule has 0 spiro atoms. The van der Waals surface area contributed by atoms with E-state index in [2.05, 4.69) is 48.1 Å². The number of fused-ring (bicyclic) bond motifs is 7. The topological polar surface area (TPSA) is 40.5 Å². The minimum absolute atomic E-state index is 0.0290. The van der Waals surface area contributed by atoms with E-state index < -0.39 is 0 Å². The fourth-order valence-corrected chi connectivity index (χ4v) is 11.5. The van der Waals surface area contributed by atoms with E-state index in [1.54, 1.807) is 0 Å². The van der Waals surface area contributed by atoms with Gasteiger partial charge in [0, 0.05) is 6.61 Å². The molecule has 32 heavy (non-hydrogen) atoms. The van der Waals surface area contributed by atoms with Crippen LogP contribution in [-0.2, 0) is 0 Å². The Kier molecular flexibility index (Phi) is 5.19. The van der Waals surface area contributed by atoms with Crippen molar-refractivity contribution in [2.24, 2.45) is 56.7 Å². The number of allylic oxidation sites excluding steroid dienone is 1. The molecule has 0 saturated heterocycles. The van der Waals surface area contributed by atoms with Crippen molar-refractivity contribution in [3.8, 4) is 0 Å². The van der Waals surface area contributed by atoms with Crippen LogP contribution in [0, 0.1) is 56.7 Å². The third kappa shape index (κ3) is 2.66. The van der Waals surface area contributed by atoms with Gasteiger partial charge >= 0.3 is 0 Å². The van der Waals surface area contributed by atoms with Gasteiger partial charge in [-0.25, -0.2) is 0 Å². The Morgan fingerprint density at radius 2 is 1.53 bits per heavy atom. The fraction of sp³-hybridized carbons (Fsp3) is 0.933. The summed E-state index contributed by atoms with van der Waals surface area (Å²) in [5.41, 5.74) is 2.60. The van der Waals surface area contributed by atoms with E-state index in [1.165, 1.54) is 63.4 Å². The normalized spacial score (nSPS) is 56.5. The van der Waals surface area contributed by atoms with Gasteiger partial charge in [-0.1, -0.05) is 46.8 Å². The van der Waals surface area contributed by atoms with E-state index in [0.717, 1.165) is 18.3 Å². The summed E-state index contributed by atoms with van der Waals surface area (Å²) in [5.74, 6) is 3.33. The second-order valence-electron chi connectivity index (χ2n) is 14.6. The van der Waals surface area contributed by atoms with Gasteiger partial charge in [0.1, 0.15) is 0 Å². The van der Waals surface area contributed by atoms with Crippen molar-refractivity contribution in [2.75, 3.05) is 6.61 Å². The van der Waals surface area contributed by atoms with Crippen LogP contribution in [-0.4, -0.2) is 22.9 Å². The molecule has 0 aromatic heterocycles. The van der Waals surface area contributed by atoms with E-state index in [0.29, 0.717) is 40.6 Å². The molecule has 182 valence electrons. The highest BCUT2D eigenvalue weighted by Gasteiger charge is 2.70. The quantitative estimate of drug-likeness (QED) is 0.452. The molecular formula is C30H50O2. The first-order valence-electron chi connectivity index (χ1n) is 13.8. The number of hydrogen-bond donors (Lipinski definition) is 2. The average molecular weight is 443 g/mol. The maximum absolute atomic E-state index is 10.9. The molecule has 0 radical (unpaired) electrons. The molecule has 5 rings (SSSR count). The SMILES string of the molecule is C=C(C)[C@@H]1CC[C@]2(CO)CC[C@]3(C)[C@H](CC[C@@H]4[C@@]5(C)CC[C@H](O)C(C)(C)[C@@H]5CC[C@]43C)C12. The predicted octanol–water partition coefficient (Wildman–Crippen LogP) is 7.00. The van der Waals surface area contributed by atoms with E-state index in [1.807, 2.05) is 0 Å². The summed E-state index contributed by atoms with van der Waals surface area (Å²) in [6, 6.07) is 0. The smallest absolute Gasteiger partial charge is 0.0594 e. The maximum Gasteiger partial charge on any atom is 0.0594 e. The Morgan fingerprint density at radius 1 is 0.812 bits per heavy atom. The number of hydrogen-bond acceptors (Lipinski definition) is 2. The van der Waals surface area contributed by atoms with Gasteiger partial charge in [0.15, 0.2) is 0 Å². The van der Waals surface area contributed by atoms with Gasteiger partial charge in [0.2, 0.25) is 0 Å². The van der Waals surface area contributed by atoms with Gasteiger partial charge in [-0.15, -0.1) is 0 Å². The third-order valence-corrected chi connectivity index (χ3v) is 13.5. The molecular weight excluding hydrogens is 392 g/mol. The van der Waals surface area contributed by atoms with Crippen molar-refractivity contribution in [1.82, 2.24) is 0 Å². The lowest BCUT2D eigenvalue weighted by atomic mass is 9.32. The van der Waals surface area contributed by atoms with Crippen molar-refractivity contribution in [1.29, 1.82) is 0 Å². The van der Waals surface area contributed by atoms with Gasteiger partial charge in [-0.3, -0.25) is 0 Å². The molecule has 2 nitrogen and oxygen atoms in total. The Hall–Kier alpha value is -0.340. The highest BCUT2D eigenvalue weighted by atomic mass is 16.3. The summed E-state index contributed by atoms with van der Waals surface area (Å²) in [5, 5.41) is 21.5. The van der Waals surface area contributed by atoms with Crippen LogP contribution in [0.15, 0.2) is 12.2 Å². The summed E-state index contributed by atoms with van der Waals surface area (Å²) in [6.45, 7) is 19.7. The second-order valence-corrected chi connectivity index (χ2v) is 14.6. The molecule has 0 amide bonds. The van der Waals surface area contributed by atoms with Gasteiger partial charge in [0.05, 0.1) is 6.10 Å². The maximum atomic E-state index is 10.9. The van der Waals surface area contributed by atoms with Crippen LogP contribution in [0.5, 0.6) is 0 Å². The van der Waals surface area contributed by atoms with Crippen LogP contribution >= 0.6 is 0 Å². The summed E-state index contributed by atoms with van der Waals surface area (Å²) < 4.78 is 0. The molecule has 10 atom stereocenters. The van der Waals surface area contributed by atoms with Crippen molar-refractivity contribution in [3.63, 3.8) is 0 Å². The molecule has 0 heterocycles. The standard InChI is InChI=1S/C30H50O2/c1-19(2)20-10-15-30(18-31)17-16-28(6)21(25(20)30)8-9-23-27(5)13-12-24(32)26(3,4)22(27)11-14-29(23,28)7/h20-25,31-32H,1,8-18H2,2-7H3/t20-,21+,22-,23+,24-,25?,27-,28+,29+,30+/m0/s1. The average Bonchev–Trinajstić information content (AvgIpc) is 3.12. The van der Waals surface area contributed by atoms with E-state index >= 15 is 0 Å². The fourth-order valence-electron chi connectivity index (χ4n) is 11.5. The van der Waals surface area contributed by atoms with Crippen molar-refractivity contribution in [2.45, 2.75) is 112 Å². The zero-order chi connectivity index (χ0) is 23.3. The van der Waals surface area contributed by atoms with Crippen LogP contribution in [0.25, 0.3) is 0 Å².